The lowest BCUT2D eigenvalue weighted by Crippen LogP contribution is -2.34. The molecule has 5 nitrogen and oxygen atoms in total. The third kappa shape index (κ3) is 2.60. The Labute approximate surface area is 152 Å². The van der Waals surface area contributed by atoms with Crippen molar-refractivity contribution >= 4 is 27.9 Å². The van der Waals surface area contributed by atoms with Gasteiger partial charge in [-0.15, -0.1) is 0 Å². The van der Waals surface area contributed by atoms with E-state index in [9.17, 15) is 0 Å². The van der Waals surface area contributed by atoms with Crippen molar-refractivity contribution in [3.05, 3.63) is 60.0 Å². The van der Waals surface area contributed by atoms with Crippen LogP contribution in [0.4, 0.5) is 5.82 Å². The molecular weight excluding hydrogens is 322 g/mol. The number of rotatable bonds is 2. The Morgan fingerprint density at radius 2 is 1.50 bits per heavy atom. The molecule has 4 aromatic rings. The van der Waals surface area contributed by atoms with Crippen molar-refractivity contribution in [3.8, 4) is 0 Å². The average Bonchev–Trinajstić information content (AvgIpc) is 3.12. The summed E-state index contributed by atoms with van der Waals surface area (Å²) in [7, 11) is 0. The standard InChI is InChI=1S/C21H21N5/c1-14-21(25-19-9-5-2-6-16(19)22-14)26-12-10-15(11-13-26)20-23-17-7-3-4-8-18(17)24-20/h2-9,15H,10-13H2,1H3,(H,23,24). The second kappa shape index (κ2) is 6.09. The van der Waals surface area contributed by atoms with Crippen LogP contribution in [0.5, 0.6) is 0 Å². The highest BCUT2D eigenvalue weighted by molar-refractivity contribution is 5.76. The molecule has 1 fully saturated rings. The lowest BCUT2D eigenvalue weighted by molar-refractivity contribution is 0.486. The van der Waals surface area contributed by atoms with E-state index in [4.69, 9.17) is 15.0 Å². The molecule has 0 unspecified atom stereocenters. The monoisotopic (exact) mass is 343 g/mol. The maximum atomic E-state index is 4.87. The first-order chi connectivity index (χ1) is 12.8. The summed E-state index contributed by atoms with van der Waals surface area (Å²) in [6, 6.07) is 16.3. The largest absolute Gasteiger partial charge is 0.355 e. The molecular formula is C21H21N5. The molecule has 5 rings (SSSR count). The highest BCUT2D eigenvalue weighted by Crippen LogP contribution is 2.31. The number of anilines is 1. The zero-order chi connectivity index (χ0) is 17.5. The van der Waals surface area contributed by atoms with Gasteiger partial charge in [0, 0.05) is 19.0 Å². The Hall–Kier alpha value is -2.95. The van der Waals surface area contributed by atoms with Gasteiger partial charge in [0.05, 0.1) is 27.8 Å². The fourth-order valence-electron chi connectivity index (χ4n) is 3.91. The van der Waals surface area contributed by atoms with Crippen molar-refractivity contribution in [1.82, 2.24) is 19.9 Å². The normalized spacial score (nSPS) is 15.8. The number of hydrogen-bond acceptors (Lipinski definition) is 4. The predicted octanol–water partition coefficient (Wildman–Crippen LogP) is 4.20. The Bertz CT molecular complexity index is 1040. The summed E-state index contributed by atoms with van der Waals surface area (Å²) in [5.74, 6) is 2.62. The first kappa shape index (κ1) is 15.3. The summed E-state index contributed by atoms with van der Waals surface area (Å²) in [6.07, 6.45) is 2.15. The smallest absolute Gasteiger partial charge is 0.150 e. The van der Waals surface area contributed by atoms with E-state index in [2.05, 4.69) is 28.9 Å². The van der Waals surface area contributed by atoms with Gasteiger partial charge in [-0.25, -0.2) is 15.0 Å². The van der Waals surface area contributed by atoms with Crippen LogP contribution in [0, 0.1) is 6.92 Å². The fraction of sp³-hybridized carbons (Fsp3) is 0.286. The van der Waals surface area contributed by atoms with Gasteiger partial charge in [-0.2, -0.15) is 0 Å². The topological polar surface area (TPSA) is 57.7 Å². The predicted molar refractivity (Wildman–Crippen MR) is 105 cm³/mol. The Morgan fingerprint density at radius 3 is 2.23 bits per heavy atom. The van der Waals surface area contributed by atoms with E-state index < -0.39 is 0 Å². The molecule has 1 aliphatic heterocycles. The minimum atomic E-state index is 0.479. The minimum absolute atomic E-state index is 0.479. The maximum Gasteiger partial charge on any atom is 0.150 e. The van der Waals surface area contributed by atoms with Gasteiger partial charge in [0.1, 0.15) is 5.82 Å². The molecule has 0 radical (unpaired) electrons. The van der Waals surface area contributed by atoms with Crippen LogP contribution in [-0.4, -0.2) is 33.0 Å². The van der Waals surface area contributed by atoms with Crippen molar-refractivity contribution in [2.24, 2.45) is 0 Å². The molecule has 1 N–H and O–H groups in total. The number of fused-ring (bicyclic) bond motifs is 2. The summed E-state index contributed by atoms with van der Waals surface area (Å²) in [4.78, 5) is 20.3. The van der Waals surface area contributed by atoms with Gasteiger partial charge in [-0.05, 0) is 44.0 Å². The number of nitrogens with zero attached hydrogens (tertiary/aromatic N) is 4. The van der Waals surface area contributed by atoms with Crippen LogP contribution >= 0.6 is 0 Å². The lowest BCUT2D eigenvalue weighted by atomic mass is 9.96. The maximum absolute atomic E-state index is 4.87. The third-order valence-corrected chi connectivity index (χ3v) is 5.31. The van der Waals surface area contributed by atoms with Crippen LogP contribution in [-0.2, 0) is 0 Å². The van der Waals surface area contributed by atoms with E-state index >= 15 is 0 Å². The molecule has 1 saturated heterocycles. The molecule has 2 aromatic carbocycles. The Balaban J connectivity index is 1.37. The van der Waals surface area contributed by atoms with Gasteiger partial charge in [0.2, 0.25) is 0 Å². The van der Waals surface area contributed by atoms with Crippen molar-refractivity contribution in [1.29, 1.82) is 0 Å². The van der Waals surface area contributed by atoms with Crippen LogP contribution in [0.25, 0.3) is 22.1 Å². The number of H-pyrrole nitrogens is 1. The van der Waals surface area contributed by atoms with E-state index in [1.807, 2.05) is 36.4 Å². The Kier molecular flexibility index (Phi) is 3.59. The summed E-state index contributed by atoms with van der Waals surface area (Å²) in [5, 5.41) is 0. The fourth-order valence-corrected chi connectivity index (χ4v) is 3.91. The molecule has 130 valence electrons. The first-order valence-corrected chi connectivity index (χ1v) is 9.21. The van der Waals surface area contributed by atoms with Crippen molar-refractivity contribution in [2.75, 3.05) is 18.0 Å². The third-order valence-electron chi connectivity index (χ3n) is 5.31. The second-order valence-corrected chi connectivity index (χ2v) is 7.02. The number of nitrogens with one attached hydrogen (secondary N) is 1. The molecule has 2 aromatic heterocycles. The number of aromatic nitrogens is 4. The average molecular weight is 343 g/mol. The summed E-state index contributed by atoms with van der Waals surface area (Å²) in [6.45, 7) is 4.02. The number of piperidine rings is 1. The van der Waals surface area contributed by atoms with Crippen molar-refractivity contribution in [2.45, 2.75) is 25.7 Å². The van der Waals surface area contributed by atoms with Crippen LogP contribution in [0.1, 0.15) is 30.3 Å². The molecule has 26 heavy (non-hydrogen) atoms. The van der Waals surface area contributed by atoms with Crippen molar-refractivity contribution < 1.29 is 0 Å². The number of benzene rings is 2. The number of para-hydroxylation sites is 4. The highest BCUT2D eigenvalue weighted by atomic mass is 15.2. The number of imidazole rings is 1. The lowest BCUT2D eigenvalue weighted by Gasteiger charge is -2.32. The second-order valence-electron chi connectivity index (χ2n) is 7.02. The van der Waals surface area contributed by atoms with Crippen LogP contribution in [0.3, 0.4) is 0 Å². The molecule has 0 aliphatic carbocycles. The SMILES string of the molecule is Cc1nc2ccccc2nc1N1CCC(c2nc3ccccc3[nH]2)CC1. The quantitative estimate of drug-likeness (QED) is 0.593. The van der Waals surface area contributed by atoms with E-state index in [1.165, 1.54) is 0 Å². The van der Waals surface area contributed by atoms with Gasteiger partial charge >= 0.3 is 0 Å². The van der Waals surface area contributed by atoms with Crippen LogP contribution in [0.2, 0.25) is 0 Å². The Morgan fingerprint density at radius 1 is 0.846 bits per heavy atom. The molecule has 3 heterocycles. The van der Waals surface area contributed by atoms with E-state index in [1.54, 1.807) is 0 Å². The minimum Gasteiger partial charge on any atom is -0.355 e. The zero-order valence-electron chi connectivity index (χ0n) is 14.8. The van der Waals surface area contributed by atoms with E-state index in [0.717, 1.165) is 65.3 Å². The highest BCUT2D eigenvalue weighted by Gasteiger charge is 2.25. The van der Waals surface area contributed by atoms with Crippen molar-refractivity contribution in [3.63, 3.8) is 0 Å². The number of aromatic amines is 1. The molecule has 0 atom stereocenters. The number of hydrogen-bond donors (Lipinski definition) is 1. The molecule has 0 amide bonds. The summed E-state index contributed by atoms with van der Waals surface area (Å²) >= 11 is 0. The van der Waals surface area contributed by atoms with Crippen LogP contribution < -0.4 is 4.90 Å². The summed E-state index contributed by atoms with van der Waals surface area (Å²) in [5.41, 5.74) is 5.12. The zero-order valence-corrected chi connectivity index (χ0v) is 14.8. The molecule has 1 aliphatic rings. The summed E-state index contributed by atoms with van der Waals surface area (Å²) < 4.78 is 0. The van der Waals surface area contributed by atoms with Gasteiger partial charge in [-0.3, -0.25) is 0 Å². The van der Waals surface area contributed by atoms with E-state index in [-0.39, 0.29) is 0 Å². The van der Waals surface area contributed by atoms with Gasteiger partial charge in [0.25, 0.3) is 0 Å². The van der Waals surface area contributed by atoms with Gasteiger partial charge in [0.15, 0.2) is 5.82 Å². The number of aryl methyl sites for hydroxylation is 1. The molecule has 0 saturated carbocycles. The molecule has 0 spiro atoms. The van der Waals surface area contributed by atoms with E-state index in [0.29, 0.717) is 5.92 Å². The van der Waals surface area contributed by atoms with Gasteiger partial charge < -0.3 is 9.88 Å². The molecule has 5 heteroatoms. The first-order valence-electron chi connectivity index (χ1n) is 9.21. The van der Waals surface area contributed by atoms with Gasteiger partial charge in [-0.1, -0.05) is 24.3 Å². The van der Waals surface area contributed by atoms with Crippen LogP contribution in [0.15, 0.2) is 48.5 Å². The molecule has 0 bridgehead atoms.